The normalized spacial score (nSPS) is 11.6. The highest BCUT2D eigenvalue weighted by Crippen LogP contribution is 2.25. The third-order valence-electron chi connectivity index (χ3n) is 3.78. The maximum absolute atomic E-state index is 13.0. The van der Waals surface area contributed by atoms with Gasteiger partial charge in [0.25, 0.3) is 5.91 Å². The third-order valence-corrected chi connectivity index (χ3v) is 3.78. The minimum absolute atomic E-state index is 0.0193. The Kier molecular flexibility index (Phi) is 5.98. The van der Waals surface area contributed by atoms with E-state index in [1.807, 2.05) is 65.6 Å². The van der Waals surface area contributed by atoms with E-state index in [9.17, 15) is 4.79 Å². The highest BCUT2D eigenvalue weighted by molar-refractivity contribution is 6.06. The fraction of sp³-hybridized carbons (Fsp3) is 0.250. The Labute approximate surface area is 138 Å². The zero-order valence-corrected chi connectivity index (χ0v) is 13.7. The monoisotopic (exact) mass is 309 g/mol. The van der Waals surface area contributed by atoms with Crippen LogP contribution in [0.25, 0.3) is 0 Å². The van der Waals surface area contributed by atoms with Crippen LogP contribution in [0.15, 0.2) is 67.3 Å². The van der Waals surface area contributed by atoms with Crippen LogP contribution in [0.3, 0.4) is 0 Å². The van der Waals surface area contributed by atoms with Gasteiger partial charge in [-0.25, -0.2) is 0 Å². The first kappa shape index (κ1) is 16.8. The minimum Gasteiger partial charge on any atom is -0.497 e. The number of carbonyl (C=O) groups is 1. The average molecular weight is 309 g/mol. The molecule has 1 amide bonds. The van der Waals surface area contributed by atoms with Crippen LogP contribution >= 0.6 is 0 Å². The summed E-state index contributed by atoms with van der Waals surface area (Å²) < 4.78 is 5.20. The highest BCUT2D eigenvalue weighted by Gasteiger charge is 2.23. The molecule has 0 saturated heterocycles. The maximum atomic E-state index is 13.0. The number of methoxy groups -OCH3 is 1. The Morgan fingerprint density at radius 2 is 1.83 bits per heavy atom. The fourth-order valence-electron chi connectivity index (χ4n) is 2.57. The summed E-state index contributed by atoms with van der Waals surface area (Å²) >= 11 is 0. The molecule has 0 heterocycles. The van der Waals surface area contributed by atoms with Gasteiger partial charge in [-0.15, -0.1) is 6.58 Å². The first-order valence-corrected chi connectivity index (χ1v) is 7.86. The van der Waals surface area contributed by atoms with E-state index >= 15 is 0 Å². The number of amides is 1. The SMILES string of the molecule is C=C[C@H](CCC)N(C(=O)c1ccccc1)c1ccc(OC)cc1. The lowest BCUT2D eigenvalue weighted by Crippen LogP contribution is -2.39. The van der Waals surface area contributed by atoms with Crippen molar-refractivity contribution in [2.75, 3.05) is 12.0 Å². The minimum atomic E-state index is -0.0406. The van der Waals surface area contributed by atoms with Gasteiger partial charge in [-0.3, -0.25) is 4.79 Å². The summed E-state index contributed by atoms with van der Waals surface area (Å²) in [6, 6.07) is 16.9. The standard InChI is InChI=1S/C20H23NO2/c1-4-9-17(5-2)21(18-12-14-19(23-3)15-13-18)20(22)16-10-7-6-8-11-16/h5-8,10-15,17H,2,4,9H2,1,3H3/t17-/m1/s1. The van der Waals surface area contributed by atoms with E-state index in [0.717, 1.165) is 24.3 Å². The zero-order valence-electron chi connectivity index (χ0n) is 13.7. The van der Waals surface area contributed by atoms with Crippen LogP contribution in [0, 0.1) is 0 Å². The summed E-state index contributed by atoms with van der Waals surface area (Å²) in [4.78, 5) is 14.8. The first-order chi connectivity index (χ1) is 11.2. The van der Waals surface area contributed by atoms with Gasteiger partial charge in [0, 0.05) is 11.3 Å². The van der Waals surface area contributed by atoms with Crippen LogP contribution in [0.5, 0.6) is 5.75 Å². The molecule has 2 rings (SSSR count). The molecular formula is C20H23NO2. The van der Waals surface area contributed by atoms with Gasteiger partial charge in [-0.2, -0.15) is 0 Å². The van der Waals surface area contributed by atoms with Gasteiger partial charge >= 0.3 is 0 Å². The summed E-state index contributed by atoms with van der Waals surface area (Å²) in [6.07, 6.45) is 3.69. The molecular weight excluding hydrogens is 286 g/mol. The maximum Gasteiger partial charge on any atom is 0.258 e. The average Bonchev–Trinajstić information content (AvgIpc) is 2.62. The molecule has 0 aliphatic heterocycles. The van der Waals surface area contributed by atoms with E-state index < -0.39 is 0 Å². The molecule has 3 nitrogen and oxygen atoms in total. The lowest BCUT2D eigenvalue weighted by Gasteiger charge is -2.30. The Balaban J connectivity index is 2.41. The van der Waals surface area contributed by atoms with E-state index in [-0.39, 0.29) is 11.9 Å². The number of ether oxygens (including phenoxy) is 1. The summed E-state index contributed by atoms with van der Waals surface area (Å²) in [6.45, 7) is 6.02. The number of rotatable bonds is 7. The van der Waals surface area contributed by atoms with Crippen molar-refractivity contribution in [1.29, 1.82) is 0 Å². The van der Waals surface area contributed by atoms with Crippen LogP contribution in [0.4, 0.5) is 5.69 Å². The van der Waals surface area contributed by atoms with E-state index in [1.54, 1.807) is 7.11 Å². The largest absolute Gasteiger partial charge is 0.497 e. The molecule has 2 aromatic carbocycles. The number of anilines is 1. The Morgan fingerprint density at radius 1 is 1.17 bits per heavy atom. The summed E-state index contributed by atoms with van der Waals surface area (Å²) in [5.41, 5.74) is 1.52. The third kappa shape index (κ3) is 4.01. The molecule has 0 spiro atoms. The van der Waals surface area contributed by atoms with Gasteiger partial charge in [-0.1, -0.05) is 37.6 Å². The molecule has 23 heavy (non-hydrogen) atoms. The number of nitrogens with zero attached hydrogens (tertiary/aromatic N) is 1. The van der Waals surface area contributed by atoms with Gasteiger partial charge in [0.05, 0.1) is 13.2 Å². The molecule has 0 radical (unpaired) electrons. The van der Waals surface area contributed by atoms with Crippen molar-refractivity contribution in [2.45, 2.75) is 25.8 Å². The summed E-state index contributed by atoms with van der Waals surface area (Å²) in [7, 11) is 1.63. The van der Waals surface area contributed by atoms with Crippen LogP contribution in [0.2, 0.25) is 0 Å². The van der Waals surface area contributed by atoms with E-state index in [4.69, 9.17) is 4.74 Å². The Bertz CT molecular complexity index is 634. The van der Waals surface area contributed by atoms with Crippen molar-refractivity contribution in [2.24, 2.45) is 0 Å². The lowest BCUT2D eigenvalue weighted by atomic mass is 10.1. The van der Waals surface area contributed by atoms with Crippen LogP contribution in [-0.4, -0.2) is 19.1 Å². The number of hydrogen-bond acceptors (Lipinski definition) is 2. The lowest BCUT2D eigenvalue weighted by molar-refractivity contribution is 0.0980. The highest BCUT2D eigenvalue weighted by atomic mass is 16.5. The number of hydrogen-bond donors (Lipinski definition) is 0. The Hall–Kier alpha value is -2.55. The molecule has 0 aliphatic rings. The fourth-order valence-corrected chi connectivity index (χ4v) is 2.57. The second kappa shape index (κ2) is 8.18. The molecule has 1 atom stereocenters. The molecule has 120 valence electrons. The molecule has 0 N–H and O–H groups in total. The van der Waals surface area contributed by atoms with E-state index in [0.29, 0.717) is 5.56 Å². The van der Waals surface area contributed by atoms with Gasteiger partial charge in [0.1, 0.15) is 5.75 Å². The topological polar surface area (TPSA) is 29.5 Å². The molecule has 0 fully saturated rings. The molecule has 0 saturated carbocycles. The van der Waals surface area contributed by atoms with Crippen molar-refractivity contribution in [3.8, 4) is 5.75 Å². The zero-order chi connectivity index (χ0) is 16.7. The van der Waals surface area contributed by atoms with E-state index in [2.05, 4.69) is 13.5 Å². The van der Waals surface area contributed by atoms with Gasteiger partial charge in [0.15, 0.2) is 0 Å². The van der Waals surface area contributed by atoms with Crippen molar-refractivity contribution in [3.63, 3.8) is 0 Å². The quantitative estimate of drug-likeness (QED) is 0.694. The van der Waals surface area contributed by atoms with Crippen LogP contribution in [0.1, 0.15) is 30.1 Å². The molecule has 2 aromatic rings. The predicted molar refractivity (Wildman–Crippen MR) is 95.1 cm³/mol. The van der Waals surface area contributed by atoms with Crippen molar-refractivity contribution in [3.05, 3.63) is 72.8 Å². The molecule has 0 bridgehead atoms. The Morgan fingerprint density at radius 3 is 2.35 bits per heavy atom. The van der Waals surface area contributed by atoms with Crippen molar-refractivity contribution >= 4 is 11.6 Å². The smallest absolute Gasteiger partial charge is 0.258 e. The number of carbonyl (C=O) groups excluding carboxylic acids is 1. The molecule has 0 aromatic heterocycles. The molecule has 3 heteroatoms. The van der Waals surface area contributed by atoms with Gasteiger partial charge in [0.2, 0.25) is 0 Å². The summed E-state index contributed by atoms with van der Waals surface area (Å²) in [5.74, 6) is 0.751. The first-order valence-electron chi connectivity index (χ1n) is 7.86. The molecule has 0 aliphatic carbocycles. The second-order valence-electron chi connectivity index (χ2n) is 5.33. The molecule has 0 unspecified atom stereocenters. The van der Waals surface area contributed by atoms with Gasteiger partial charge < -0.3 is 9.64 Å². The van der Waals surface area contributed by atoms with Crippen molar-refractivity contribution in [1.82, 2.24) is 0 Å². The van der Waals surface area contributed by atoms with Crippen LogP contribution < -0.4 is 9.64 Å². The number of benzene rings is 2. The van der Waals surface area contributed by atoms with Crippen LogP contribution in [-0.2, 0) is 0 Å². The predicted octanol–water partition coefficient (Wildman–Crippen LogP) is 4.70. The van der Waals surface area contributed by atoms with E-state index in [1.165, 1.54) is 0 Å². The summed E-state index contributed by atoms with van der Waals surface area (Å²) in [5, 5.41) is 0. The second-order valence-corrected chi connectivity index (χ2v) is 5.33. The van der Waals surface area contributed by atoms with Gasteiger partial charge in [-0.05, 0) is 42.8 Å². The van der Waals surface area contributed by atoms with Crippen molar-refractivity contribution < 1.29 is 9.53 Å².